The molecule has 0 N–H and O–H groups in total. The van der Waals surface area contributed by atoms with Crippen molar-refractivity contribution < 1.29 is 52.1 Å². The van der Waals surface area contributed by atoms with E-state index in [1.54, 1.807) is 28.4 Å². The Balaban J connectivity index is 1.55. The van der Waals surface area contributed by atoms with Crippen molar-refractivity contribution in [2.24, 2.45) is 0 Å². The summed E-state index contributed by atoms with van der Waals surface area (Å²) in [5.74, 6) is 2.29. The van der Waals surface area contributed by atoms with Gasteiger partial charge >= 0.3 is 0 Å². The van der Waals surface area contributed by atoms with Gasteiger partial charge < -0.3 is 52.1 Å². The smallest absolute Gasteiger partial charge is 0.123 e. The molecule has 0 aromatic heterocycles. The Labute approximate surface area is 370 Å². The lowest BCUT2D eigenvalue weighted by atomic mass is 9.69. The van der Waals surface area contributed by atoms with Crippen molar-refractivity contribution in [3.8, 4) is 28.4 Å². The minimum atomic E-state index is -0.438. The molecule has 0 saturated heterocycles. The van der Waals surface area contributed by atoms with Crippen LogP contribution in [0.3, 0.4) is 0 Å². The van der Waals surface area contributed by atoms with Crippen molar-refractivity contribution >= 4 is 0 Å². The first kappa shape index (κ1) is 49.0. The summed E-state index contributed by atoms with van der Waals surface area (Å²) in [5.41, 5.74) is 10.8. The van der Waals surface area contributed by atoms with E-state index < -0.39 is 5.41 Å². The SMILES string of the molecule is CCc1ccc2c(c1)C(Cc1cc(CCCOCCOC)cc(OCCOCCOC)c1)(Cc1cc(OCCOCCOC)cc(OCCOCCOC)c1)c1cc(C)ccc1-2. The summed E-state index contributed by atoms with van der Waals surface area (Å²) in [6.45, 7) is 12.0. The third kappa shape index (κ3) is 15.1. The molecule has 11 nitrogen and oxygen atoms in total. The molecule has 0 saturated carbocycles. The Morgan fingerprint density at radius 2 is 0.839 bits per heavy atom. The second-order valence-corrected chi connectivity index (χ2v) is 15.6. The van der Waals surface area contributed by atoms with E-state index >= 15 is 0 Å². The number of rotatable bonds is 33. The average molecular weight is 859 g/mol. The molecule has 1 aliphatic rings. The maximum Gasteiger partial charge on any atom is 0.123 e. The second-order valence-electron chi connectivity index (χ2n) is 15.6. The van der Waals surface area contributed by atoms with Gasteiger partial charge in [-0.15, -0.1) is 0 Å². The zero-order valence-electron chi connectivity index (χ0n) is 38.1. The minimum absolute atomic E-state index is 0.396. The normalized spacial score (nSPS) is 14.2. The van der Waals surface area contributed by atoms with Crippen LogP contribution in [0.1, 0.15) is 52.3 Å². The molecule has 4 aromatic rings. The van der Waals surface area contributed by atoms with Crippen LogP contribution in [0.4, 0.5) is 0 Å². The lowest BCUT2D eigenvalue weighted by molar-refractivity contribution is 0.0532. The van der Waals surface area contributed by atoms with Crippen LogP contribution in [0.25, 0.3) is 11.1 Å². The Morgan fingerprint density at radius 1 is 0.403 bits per heavy atom. The standard InChI is InChI=1S/C51H70O11/c1-7-40-11-13-48-47-12-10-39(2)29-49(47)51(50(48)35-40,37-42-30-41(9-8-14-56-19-15-52-3)31-44(32-42)60-26-23-57-20-16-53-4)38-43-33-45(61-27-24-58-21-17-54-5)36-46(34-43)62-28-25-59-22-18-55-6/h10-13,29-36H,7-9,14-28,37-38H2,1-6H3. The zero-order valence-corrected chi connectivity index (χ0v) is 38.1. The van der Waals surface area contributed by atoms with E-state index in [9.17, 15) is 0 Å². The third-order valence-electron chi connectivity index (χ3n) is 10.9. The van der Waals surface area contributed by atoms with Crippen LogP contribution < -0.4 is 14.2 Å². The Bertz CT molecular complexity index is 1750. The van der Waals surface area contributed by atoms with Crippen LogP contribution in [0.15, 0.2) is 72.8 Å². The van der Waals surface area contributed by atoms with Crippen molar-refractivity contribution in [2.75, 3.05) is 128 Å². The van der Waals surface area contributed by atoms with Crippen molar-refractivity contribution in [1.82, 2.24) is 0 Å². The fourth-order valence-corrected chi connectivity index (χ4v) is 7.99. The molecule has 0 heterocycles. The largest absolute Gasteiger partial charge is 0.491 e. The summed E-state index contributed by atoms with van der Waals surface area (Å²) >= 11 is 0. The highest BCUT2D eigenvalue weighted by Gasteiger charge is 2.44. The summed E-state index contributed by atoms with van der Waals surface area (Å²) in [4.78, 5) is 0. The van der Waals surface area contributed by atoms with Crippen LogP contribution in [0.2, 0.25) is 0 Å². The molecule has 0 bridgehead atoms. The fourth-order valence-electron chi connectivity index (χ4n) is 7.99. The lowest BCUT2D eigenvalue weighted by Gasteiger charge is -2.34. The number of methoxy groups -OCH3 is 4. The molecule has 4 aromatic carbocycles. The van der Waals surface area contributed by atoms with Gasteiger partial charge in [0, 0.05) is 46.5 Å². The highest BCUT2D eigenvalue weighted by atomic mass is 16.6. The minimum Gasteiger partial charge on any atom is -0.491 e. The van der Waals surface area contributed by atoms with Crippen molar-refractivity contribution in [1.29, 1.82) is 0 Å². The van der Waals surface area contributed by atoms with Crippen LogP contribution in [-0.4, -0.2) is 128 Å². The molecule has 340 valence electrons. The molecule has 0 spiro atoms. The zero-order chi connectivity index (χ0) is 43.8. The van der Waals surface area contributed by atoms with Crippen LogP contribution in [-0.2, 0) is 69.0 Å². The molecular weight excluding hydrogens is 789 g/mol. The van der Waals surface area contributed by atoms with Gasteiger partial charge in [0.05, 0.1) is 72.7 Å². The predicted molar refractivity (Wildman–Crippen MR) is 243 cm³/mol. The molecule has 1 atom stereocenters. The maximum atomic E-state index is 6.42. The summed E-state index contributed by atoms with van der Waals surface area (Å²) in [7, 11) is 6.71. The number of fused-ring (bicyclic) bond motifs is 3. The first-order valence-corrected chi connectivity index (χ1v) is 22.1. The van der Waals surface area contributed by atoms with E-state index in [0.29, 0.717) is 106 Å². The van der Waals surface area contributed by atoms with Gasteiger partial charge in [0.25, 0.3) is 0 Å². The van der Waals surface area contributed by atoms with Gasteiger partial charge in [-0.3, -0.25) is 0 Å². The Kier molecular flexibility index (Phi) is 21.5. The van der Waals surface area contributed by atoms with Gasteiger partial charge in [0.2, 0.25) is 0 Å². The van der Waals surface area contributed by atoms with Crippen molar-refractivity contribution in [3.05, 3.63) is 112 Å². The quantitative estimate of drug-likeness (QED) is 0.0436. The molecule has 62 heavy (non-hydrogen) atoms. The Hall–Kier alpha value is -4.04. The van der Waals surface area contributed by atoms with Gasteiger partial charge in [0.1, 0.15) is 37.1 Å². The molecule has 1 aliphatic carbocycles. The van der Waals surface area contributed by atoms with Gasteiger partial charge in [0.15, 0.2) is 0 Å². The number of hydrogen-bond acceptors (Lipinski definition) is 11. The van der Waals surface area contributed by atoms with Crippen LogP contribution in [0.5, 0.6) is 17.2 Å². The van der Waals surface area contributed by atoms with Crippen molar-refractivity contribution in [3.63, 3.8) is 0 Å². The second kappa shape index (κ2) is 27.2. The first-order chi connectivity index (χ1) is 30.4. The number of benzene rings is 4. The summed E-state index contributed by atoms with van der Waals surface area (Å²) in [5, 5.41) is 0. The average Bonchev–Trinajstić information content (AvgIpc) is 3.52. The third-order valence-corrected chi connectivity index (χ3v) is 10.9. The molecule has 0 amide bonds. The highest BCUT2D eigenvalue weighted by molar-refractivity contribution is 5.82. The predicted octanol–water partition coefficient (Wildman–Crippen LogP) is 8.03. The molecule has 0 radical (unpaired) electrons. The fraction of sp³-hybridized carbons (Fsp3) is 0.529. The summed E-state index contributed by atoms with van der Waals surface area (Å²) < 4.78 is 62.9. The van der Waals surface area contributed by atoms with Gasteiger partial charge in [-0.1, -0.05) is 55.0 Å². The van der Waals surface area contributed by atoms with E-state index in [0.717, 1.165) is 48.5 Å². The molecule has 11 heteroatoms. The number of aryl methyl sites for hydroxylation is 3. The number of hydrogen-bond donors (Lipinski definition) is 0. The summed E-state index contributed by atoms with van der Waals surface area (Å²) in [6, 6.07) is 27.0. The monoisotopic (exact) mass is 858 g/mol. The first-order valence-electron chi connectivity index (χ1n) is 22.1. The van der Waals surface area contributed by atoms with Crippen molar-refractivity contribution in [2.45, 2.75) is 51.4 Å². The van der Waals surface area contributed by atoms with E-state index in [1.165, 1.54) is 44.5 Å². The lowest BCUT2D eigenvalue weighted by Crippen LogP contribution is -2.31. The van der Waals surface area contributed by atoms with Crippen LogP contribution in [0, 0.1) is 6.92 Å². The van der Waals surface area contributed by atoms with E-state index in [2.05, 4.69) is 80.6 Å². The molecule has 0 fully saturated rings. The molecular formula is C51H70O11. The van der Waals surface area contributed by atoms with E-state index in [1.807, 2.05) is 6.07 Å². The van der Waals surface area contributed by atoms with Gasteiger partial charge in [-0.05, 0) is 108 Å². The molecule has 1 unspecified atom stereocenters. The molecule has 5 rings (SSSR count). The van der Waals surface area contributed by atoms with Crippen LogP contribution >= 0.6 is 0 Å². The van der Waals surface area contributed by atoms with Gasteiger partial charge in [-0.25, -0.2) is 0 Å². The number of ether oxygens (including phenoxy) is 11. The molecule has 0 aliphatic heterocycles. The topological polar surface area (TPSA) is 102 Å². The highest BCUT2D eigenvalue weighted by Crippen LogP contribution is 2.53. The van der Waals surface area contributed by atoms with E-state index in [4.69, 9.17) is 52.1 Å². The maximum absolute atomic E-state index is 6.42. The van der Waals surface area contributed by atoms with Gasteiger partial charge in [-0.2, -0.15) is 0 Å². The van der Waals surface area contributed by atoms with E-state index in [-0.39, 0.29) is 0 Å². The Morgan fingerprint density at radius 3 is 1.35 bits per heavy atom. The summed E-state index contributed by atoms with van der Waals surface area (Å²) in [6.07, 6.45) is 4.11.